The molecule has 5 nitrogen and oxygen atoms in total. The van der Waals surface area contributed by atoms with Gasteiger partial charge in [0.2, 0.25) is 0 Å². The van der Waals surface area contributed by atoms with Gasteiger partial charge in [0.25, 0.3) is 5.70 Å². The zero-order valence-corrected chi connectivity index (χ0v) is 9.78. The van der Waals surface area contributed by atoms with E-state index in [0.29, 0.717) is 17.0 Å². The van der Waals surface area contributed by atoms with Crippen molar-refractivity contribution in [2.45, 2.75) is 19.8 Å². The molecule has 0 aromatic rings. The van der Waals surface area contributed by atoms with Gasteiger partial charge in [0, 0.05) is 23.1 Å². The molecule has 0 N–H and O–H groups in total. The first-order valence-corrected chi connectivity index (χ1v) is 5.20. The molecule has 88 valence electrons. The van der Waals surface area contributed by atoms with Gasteiger partial charge in [-0.15, -0.1) is 0 Å². The molecule has 0 saturated carbocycles. The Hall–Kier alpha value is -1.36. The summed E-state index contributed by atoms with van der Waals surface area (Å²) < 4.78 is 4.62. The van der Waals surface area contributed by atoms with Crippen molar-refractivity contribution in [3.63, 3.8) is 0 Å². The van der Waals surface area contributed by atoms with Crippen LogP contribution in [-0.4, -0.2) is 18.0 Å². The first-order chi connectivity index (χ1) is 7.51. The molecule has 1 unspecified atom stereocenters. The molecule has 1 rings (SSSR count). The lowest BCUT2D eigenvalue weighted by atomic mass is 9.88. The summed E-state index contributed by atoms with van der Waals surface area (Å²) in [6.45, 7) is 1.77. The highest BCUT2D eigenvalue weighted by Gasteiger charge is 2.33. The Kier molecular flexibility index (Phi) is 4.06. The van der Waals surface area contributed by atoms with E-state index in [9.17, 15) is 14.9 Å². The number of methoxy groups -OCH3 is 1. The number of halogens is 1. The van der Waals surface area contributed by atoms with E-state index in [1.807, 2.05) is 0 Å². The maximum atomic E-state index is 11.5. The third-order valence-electron chi connectivity index (χ3n) is 2.51. The van der Waals surface area contributed by atoms with Crippen molar-refractivity contribution >= 4 is 17.6 Å². The molecule has 0 bridgehead atoms. The lowest BCUT2D eigenvalue weighted by Gasteiger charge is -2.19. The Morgan fingerprint density at radius 3 is 2.81 bits per heavy atom. The number of hydrogen-bond donors (Lipinski definition) is 0. The molecule has 6 heteroatoms. The fourth-order valence-electron chi connectivity index (χ4n) is 1.76. The number of carbonyl (C=O) groups is 1. The van der Waals surface area contributed by atoms with Crippen LogP contribution in [0.3, 0.4) is 0 Å². The second kappa shape index (κ2) is 5.12. The second-order valence-electron chi connectivity index (χ2n) is 3.39. The number of ether oxygens (including phenoxy) is 1. The van der Waals surface area contributed by atoms with E-state index >= 15 is 0 Å². The van der Waals surface area contributed by atoms with Crippen LogP contribution >= 0.6 is 11.6 Å². The summed E-state index contributed by atoms with van der Waals surface area (Å²) in [5, 5.41) is 11.1. The van der Waals surface area contributed by atoms with Crippen molar-refractivity contribution in [3.8, 4) is 0 Å². The van der Waals surface area contributed by atoms with Crippen LogP contribution in [-0.2, 0) is 9.53 Å². The lowest BCUT2D eigenvalue weighted by Crippen LogP contribution is -2.23. The summed E-state index contributed by atoms with van der Waals surface area (Å²) >= 11 is 5.79. The second-order valence-corrected chi connectivity index (χ2v) is 3.88. The van der Waals surface area contributed by atoms with E-state index in [1.54, 1.807) is 6.92 Å². The maximum Gasteiger partial charge on any atom is 0.313 e. The van der Waals surface area contributed by atoms with Crippen LogP contribution in [0.2, 0.25) is 0 Å². The molecular formula is C10H12ClNO4. The van der Waals surface area contributed by atoms with Gasteiger partial charge in [0.05, 0.1) is 18.0 Å². The van der Waals surface area contributed by atoms with E-state index in [4.69, 9.17) is 11.6 Å². The van der Waals surface area contributed by atoms with Crippen LogP contribution in [0.1, 0.15) is 19.8 Å². The zero-order valence-electron chi connectivity index (χ0n) is 9.03. The number of allylic oxidation sites excluding steroid dienone is 2. The van der Waals surface area contributed by atoms with Crippen LogP contribution in [0.15, 0.2) is 22.4 Å². The van der Waals surface area contributed by atoms with Gasteiger partial charge >= 0.3 is 5.97 Å². The van der Waals surface area contributed by atoms with E-state index in [1.165, 1.54) is 13.2 Å². The van der Waals surface area contributed by atoms with E-state index < -0.39 is 16.8 Å². The van der Waals surface area contributed by atoms with E-state index in [-0.39, 0.29) is 12.1 Å². The quantitative estimate of drug-likeness (QED) is 0.434. The largest absolute Gasteiger partial charge is 0.469 e. The van der Waals surface area contributed by atoms with Crippen molar-refractivity contribution in [1.29, 1.82) is 0 Å². The molecule has 16 heavy (non-hydrogen) atoms. The first-order valence-electron chi connectivity index (χ1n) is 4.82. The molecule has 0 aliphatic heterocycles. The maximum absolute atomic E-state index is 11.5. The van der Waals surface area contributed by atoms with Gasteiger partial charge < -0.3 is 4.74 Å². The molecule has 0 amide bonds. The average Bonchev–Trinajstić information content (AvgIpc) is 2.26. The minimum atomic E-state index is -0.632. The van der Waals surface area contributed by atoms with Crippen LogP contribution in [0.4, 0.5) is 0 Å². The molecular weight excluding hydrogens is 234 g/mol. The summed E-state index contributed by atoms with van der Waals surface area (Å²) in [6.07, 6.45) is 2.01. The molecule has 0 spiro atoms. The monoisotopic (exact) mass is 245 g/mol. The van der Waals surface area contributed by atoms with Crippen LogP contribution in [0, 0.1) is 16.0 Å². The number of esters is 1. The minimum Gasteiger partial charge on any atom is -0.469 e. The molecule has 0 aromatic heterocycles. The molecule has 0 aromatic carbocycles. The molecule has 0 saturated heterocycles. The summed E-state index contributed by atoms with van der Waals surface area (Å²) in [7, 11) is 1.26. The van der Waals surface area contributed by atoms with Gasteiger partial charge in [-0.1, -0.05) is 18.5 Å². The van der Waals surface area contributed by atoms with E-state index in [0.717, 1.165) is 0 Å². The molecule has 1 aliphatic rings. The Morgan fingerprint density at radius 2 is 2.38 bits per heavy atom. The molecule has 1 atom stereocenters. The third kappa shape index (κ3) is 2.41. The number of nitrogens with zero attached hydrogens (tertiary/aromatic N) is 1. The van der Waals surface area contributed by atoms with Crippen LogP contribution < -0.4 is 0 Å². The van der Waals surface area contributed by atoms with Crippen molar-refractivity contribution < 1.29 is 14.5 Å². The van der Waals surface area contributed by atoms with Gasteiger partial charge in [-0.3, -0.25) is 14.9 Å². The Bertz CT molecular complexity index is 386. The highest BCUT2D eigenvalue weighted by Crippen LogP contribution is 2.34. The van der Waals surface area contributed by atoms with Gasteiger partial charge in [0.1, 0.15) is 0 Å². The zero-order chi connectivity index (χ0) is 12.3. The summed E-state index contributed by atoms with van der Waals surface area (Å²) in [5.41, 5.74) is 0.385. The molecule has 0 fully saturated rings. The Balaban J connectivity index is 3.20. The Morgan fingerprint density at radius 1 is 1.75 bits per heavy atom. The Labute approximate surface area is 97.9 Å². The summed E-state index contributed by atoms with van der Waals surface area (Å²) in [4.78, 5) is 21.8. The molecule has 0 radical (unpaired) electrons. The average molecular weight is 246 g/mol. The molecule has 0 heterocycles. The van der Waals surface area contributed by atoms with Crippen molar-refractivity contribution in [2.24, 2.45) is 5.92 Å². The van der Waals surface area contributed by atoms with E-state index in [2.05, 4.69) is 4.74 Å². The van der Waals surface area contributed by atoms with Gasteiger partial charge in [0.15, 0.2) is 0 Å². The van der Waals surface area contributed by atoms with Crippen LogP contribution in [0.5, 0.6) is 0 Å². The molecule has 1 aliphatic carbocycles. The van der Waals surface area contributed by atoms with Gasteiger partial charge in [-0.25, -0.2) is 0 Å². The first kappa shape index (κ1) is 12.7. The minimum absolute atomic E-state index is 0.0887. The van der Waals surface area contributed by atoms with Gasteiger partial charge in [-0.05, 0) is 6.42 Å². The predicted octanol–water partition coefficient (Wildman–Crippen LogP) is 2.24. The predicted molar refractivity (Wildman–Crippen MR) is 58.4 cm³/mol. The lowest BCUT2D eigenvalue weighted by molar-refractivity contribution is -0.421. The SMILES string of the molecule is CCC1=C([N+](=O)[O-])C=C(Cl)CC1C(=O)OC. The van der Waals surface area contributed by atoms with Gasteiger partial charge in [-0.2, -0.15) is 0 Å². The van der Waals surface area contributed by atoms with Crippen molar-refractivity contribution in [1.82, 2.24) is 0 Å². The smallest absolute Gasteiger partial charge is 0.313 e. The third-order valence-corrected chi connectivity index (χ3v) is 2.77. The highest BCUT2D eigenvalue weighted by atomic mass is 35.5. The number of nitro groups is 1. The summed E-state index contributed by atoms with van der Waals surface area (Å²) in [6, 6.07) is 0. The highest BCUT2D eigenvalue weighted by molar-refractivity contribution is 6.30. The van der Waals surface area contributed by atoms with Crippen molar-refractivity contribution in [3.05, 3.63) is 32.5 Å². The topological polar surface area (TPSA) is 69.4 Å². The number of carbonyl (C=O) groups excluding carboxylic acids is 1. The normalized spacial score (nSPS) is 20.4. The fourth-order valence-corrected chi connectivity index (χ4v) is 2.02. The van der Waals surface area contributed by atoms with Crippen molar-refractivity contribution in [2.75, 3.05) is 7.11 Å². The standard InChI is InChI=1S/C10H12ClNO4/c1-3-7-8(10(13)16-2)4-6(11)5-9(7)12(14)15/h5,8H,3-4H2,1-2H3. The van der Waals surface area contributed by atoms with Crippen LogP contribution in [0.25, 0.3) is 0 Å². The number of hydrogen-bond acceptors (Lipinski definition) is 4. The fraction of sp³-hybridized carbons (Fsp3) is 0.500. The summed E-state index contributed by atoms with van der Waals surface area (Å²) in [5.74, 6) is -1.12. The number of rotatable bonds is 3.